The van der Waals surface area contributed by atoms with Crippen LogP contribution in [0.2, 0.25) is 5.02 Å². The molecule has 0 aliphatic rings. The van der Waals surface area contributed by atoms with Crippen LogP contribution in [-0.2, 0) is 12.4 Å². The van der Waals surface area contributed by atoms with Gasteiger partial charge in [0.1, 0.15) is 11.3 Å². The summed E-state index contributed by atoms with van der Waals surface area (Å²) in [6.07, 6.45) is 1.51. The minimum Gasteiger partial charge on any atom is -0.307 e. The summed E-state index contributed by atoms with van der Waals surface area (Å²) in [6.45, 7) is 0.296. The van der Waals surface area contributed by atoms with Crippen molar-refractivity contribution in [1.29, 1.82) is 0 Å². The molecule has 0 bridgehead atoms. The van der Waals surface area contributed by atoms with Gasteiger partial charge in [0.25, 0.3) is 0 Å². The Kier molecular flexibility index (Phi) is 3.78. The van der Waals surface area contributed by atoms with Crippen LogP contribution in [0.4, 0.5) is 8.78 Å². The highest BCUT2D eigenvalue weighted by Crippen LogP contribution is 2.21. The molecule has 0 spiro atoms. The van der Waals surface area contributed by atoms with Crippen LogP contribution >= 0.6 is 23.2 Å². The Morgan fingerprint density at radius 1 is 1.14 bits per heavy atom. The van der Waals surface area contributed by atoms with Crippen LogP contribution in [-0.4, -0.2) is 14.5 Å². The van der Waals surface area contributed by atoms with E-state index in [1.54, 1.807) is 10.6 Å². The number of hydrogen-bond acceptors (Lipinski definition) is 2. The van der Waals surface area contributed by atoms with Gasteiger partial charge < -0.3 is 4.57 Å². The van der Waals surface area contributed by atoms with Crippen LogP contribution in [0.25, 0.3) is 11.2 Å². The largest absolute Gasteiger partial charge is 0.307 e. The highest BCUT2D eigenvalue weighted by Gasteiger charge is 2.13. The van der Waals surface area contributed by atoms with E-state index in [0.717, 1.165) is 12.1 Å². The third kappa shape index (κ3) is 2.71. The third-order valence-electron chi connectivity index (χ3n) is 3.07. The Morgan fingerprint density at radius 3 is 2.67 bits per heavy atom. The van der Waals surface area contributed by atoms with Crippen LogP contribution in [0.3, 0.4) is 0 Å². The van der Waals surface area contributed by atoms with Gasteiger partial charge in [-0.25, -0.2) is 18.7 Å². The highest BCUT2D eigenvalue weighted by atomic mass is 35.5. The minimum absolute atomic E-state index is 0.178. The van der Waals surface area contributed by atoms with Crippen molar-refractivity contribution in [2.45, 2.75) is 12.4 Å². The number of alkyl halides is 1. The summed E-state index contributed by atoms with van der Waals surface area (Å²) in [5.41, 5.74) is 1.80. The Bertz CT molecular complexity index is 817. The lowest BCUT2D eigenvalue weighted by Gasteiger charge is -2.07. The first kappa shape index (κ1) is 14.2. The molecule has 0 aliphatic carbocycles. The fourth-order valence-electron chi connectivity index (χ4n) is 2.12. The van der Waals surface area contributed by atoms with Gasteiger partial charge >= 0.3 is 0 Å². The zero-order chi connectivity index (χ0) is 15.0. The normalized spacial score (nSPS) is 11.2. The fourth-order valence-corrected chi connectivity index (χ4v) is 2.48. The second kappa shape index (κ2) is 5.58. The smallest absolute Gasteiger partial charge is 0.160 e. The molecule has 1 aromatic carbocycles. The third-order valence-corrected chi connectivity index (χ3v) is 3.52. The molecular formula is C14H9Cl2F2N3. The Labute approximate surface area is 129 Å². The number of pyridine rings is 1. The van der Waals surface area contributed by atoms with Gasteiger partial charge in [0.2, 0.25) is 0 Å². The van der Waals surface area contributed by atoms with Gasteiger partial charge in [-0.15, -0.1) is 11.6 Å². The number of hydrogen-bond donors (Lipinski definition) is 0. The van der Waals surface area contributed by atoms with Crippen LogP contribution in [0, 0.1) is 11.6 Å². The summed E-state index contributed by atoms with van der Waals surface area (Å²) in [5.74, 6) is -0.999. The van der Waals surface area contributed by atoms with Gasteiger partial charge in [-0.1, -0.05) is 17.7 Å². The van der Waals surface area contributed by atoms with E-state index in [4.69, 9.17) is 23.2 Å². The average Bonchev–Trinajstić information content (AvgIpc) is 2.80. The topological polar surface area (TPSA) is 30.7 Å². The maximum Gasteiger partial charge on any atom is 0.160 e. The summed E-state index contributed by atoms with van der Waals surface area (Å²) < 4.78 is 28.0. The molecule has 3 rings (SSSR count). The molecule has 3 aromatic rings. The van der Waals surface area contributed by atoms with Gasteiger partial charge in [0, 0.05) is 6.20 Å². The molecule has 21 heavy (non-hydrogen) atoms. The standard InChI is InChI=1S/C14H9Cl2F2N3/c15-5-13-20-12-4-9(16)6-19-14(12)21(13)7-8-1-2-10(17)11(18)3-8/h1-4,6H,5,7H2. The first-order chi connectivity index (χ1) is 10.1. The number of aromatic nitrogens is 3. The van der Waals surface area contributed by atoms with E-state index in [0.29, 0.717) is 34.1 Å². The SMILES string of the molecule is Fc1ccc(Cn2c(CCl)nc3cc(Cl)cnc32)cc1F. The Balaban J connectivity index is 2.08. The van der Waals surface area contributed by atoms with Crippen LogP contribution in [0.1, 0.15) is 11.4 Å². The number of benzene rings is 1. The van der Waals surface area contributed by atoms with Gasteiger partial charge in [0.05, 0.1) is 17.4 Å². The highest BCUT2D eigenvalue weighted by molar-refractivity contribution is 6.31. The molecule has 0 unspecified atom stereocenters. The van der Waals surface area contributed by atoms with Crippen molar-refractivity contribution in [2.24, 2.45) is 0 Å². The molecular weight excluding hydrogens is 319 g/mol. The molecule has 2 heterocycles. The van der Waals surface area contributed by atoms with Crippen molar-refractivity contribution in [2.75, 3.05) is 0 Å². The van der Waals surface area contributed by atoms with Crippen LogP contribution in [0.15, 0.2) is 30.5 Å². The molecule has 0 N–H and O–H groups in total. The molecule has 3 nitrogen and oxygen atoms in total. The molecule has 2 aromatic heterocycles. The summed E-state index contributed by atoms with van der Waals surface area (Å²) in [6, 6.07) is 5.43. The molecule has 7 heteroatoms. The maximum absolute atomic E-state index is 13.3. The van der Waals surface area contributed by atoms with E-state index < -0.39 is 11.6 Å². The molecule has 0 saturated carbocycles. The Morgan fingerprint density at radius 2 is 1.95 bits per heavy atom. The van der Waals surface area contributed by atoms with Crippen molar-refractivity contribution in [3.63, 3.8) is 0 Å². The molecule has 0 aliphatic heterocycles. The minimum atomic E-state index is -0.889. The second-order valence-corrected chi connectivity index (χ2v) is 5.20. The molecule has 0 radical (unpaired) electrons. The van der Waals surface area contributed by atoms with E-state index in [1.807, 2.05) is 0 Å². The zero-order valence-corrected chi connectivity index (χ0v) is 12.2. The van der Waals surface area contributed by atoms with Crippen LogP contribution in [0.5, 0.6) is 0 Å². The predicted molar refractivity (Wildman–Crippen MR) is 77.6 cm³/mol. The number of nitrogens with zero attached hydrogens (tertiary/aromatic N) is 3. The maximum atomic E-state index is 13.3. The summed E-state index contributed by atoms with van der Waals surface area (Å²) in [5, 5.41) is 0.473. The molecule has 0 fully saturated rings. The van der Waals surface area contributed by atoms with Crippen molar-refractivity contribution in [1.82, 2.24) is 14.5 Å². The molecule has 0 atom stereocenters. The molecule has 108 valence electrons. The van der Waals surface area contributed by atoms with E-state index in [-0.39, 0.29) is 5.88 Å². The van der Waals surface area contributed by atoms with Crippen molar-refractivity contribution in [3.05, 3.63) is 58.5 Å². The summed E-state index contributed by atoms with van der Waals surface area (Å²) in [4.78, 5) is 8.57. The monoisotopic (exact) mass is 327 g/mol. The first-order valence-electron chi connectivity index (χ1n) is 6.09. The zero-order valence-electron chi connectivity index (χ0n) is 10.7. The molecule has 0 saturated heterocycles. The van der Waals surface area contributed by atoms with Crippen LogP contribution < -0.4 is 0 Å². The van der Waals surface area contributed by atoms with Gasteiger partial charge in [-0.05, 0) is 23.8 Å². The fraction of sp³-hybridized carbons (Fsp3) is 0.143. The number of fused-ring (bicyclic) bond motifs is 1. The van der Waals surface area contributed by atoms with Gasteiger partial charge in [0.15, 0.2) is 17.3 Å². The van der Waals surface area contributed by atoms with E-state index in [2.05, 4.69) is 9.97 Å². The van der Waals surface area contributed by atoms with E-state index in [9.17, 15) is 8.78 Å². The quantitative estimate of drug-likeness (QED) is 0.676. The van der Waals surface area contributed by atoms with Gasteiger partial charge in [-0.2, -0.15) is 0 Å². The van der Waals surface area contributed by atoms with Gasteiger partial charge in [-0.3, -0.25) is 0 Å². The number of halogens is 4. The van der Waals surface area contributed by atoms with Crippen molar-refractivity contribution in [3.8, 4) is 0 Å². The van der Waals surface area contributed by atoms with Crippen molar-refractivity contribution >= 4 is 34.4 Å². The summed E-state index contributed by atoms with van der Waals surface area (Å²) >= 11 is 11.8. The average molecular weight is 328 g/mol. The Hall–Kier alpha value is -1.72. The number of imidazole rings is 1. The number of rotatable bonds is 3. The summed E-state index contributed by atoms with van der Waals surface area (Å²) in [7, 11) is 0. The lowest BCUT2D eigenvalue weighted by atomic mass is 10.2. The lowest BCUT2D eigenvalue weighted by Crippen LogP contribution is -2.05. The lowest BCUT2D eigenvalue weighted by molar-refractivity contribution is 0.506. The second-order valence-electron chi connectivity index (χ2n) is 4.49. The van der Waals surface area contributed by atoms with Crippen molar-refractivity contribution < 1.29 is 8.78 Å². The van der Waals surface area contributed by atoms with E-state index in [1.165, 1.54) is 12.3 Å². The van der Waals surface area contributed by atoms with E-state index >= 15 is 0 Å². The first-order valence-corrected chi connectivity index (χ1v) is 7.00. The predicted octanol–water partition coefficient (Wildman–Crippen LogP) is 4.15. The molecule has 0 amide bonds.